The summed E-state index contributed by atoms with van der Waals surface area (Å²) in [5, 5.41) is 0. The van der Waals surface area contributed by atoms with Crippen LogP contribution in [0.3, 0.4) is 0 Å². The first-order valence-corrected chi connectivity index (χ1v) is 7.83. The summed E-state index contributed by atoms with van der Waals surface area (Å²) in [4.78, 5) is 26.5. The lowest BCUT2D eigenvalue weighted by atomic mass is 10.1. The third-order valence-corrected chi connectivity index (χ3v) is 3.95. The molecule has 7 heteroatoms. The quantitative estimate of drug-likeness (QED) is 0.817. The molecule has 2 aromatic heterocycles. The van der Waals surface area contributed by atoms with E-state index in [1.807, 2.05) is 17.9 Å². The molecule has 2 aromatic rings. The zero-order valence-corrected chi connectivity index (χ0v) is 13.3. The molecule has 7 nitrogen and oxygen atoms in total. The van der Waals surface area contributed by atoms with Crippen molar-refractivity contribution in [1.82, 2.24) is 24.4 Å². The SMILES string of the molecule is Cc1cc(CCC2CN(C(=O)Cn3ccnc3)CCO2)ncn1. The van der Waals surface area contributed by atoms with Gasteiger partial charge in [0.05, 0.1) is 19.0 Å². The summed E-state index contributed by atoms with van der Waals surface area (Å²) in [5.74, 6) is 0.106. The fourth-order valence-corrected chi connectivity index (χ4v) is 2.71. The first-order valence-electron chi connectivity index (χ1n) is 7.83. The first-order chi connectivity index (χ1) is 11.2. The maximum atomic E-state index is 12.3. The number of rotatable bonds is 5. The standard InChI is InChI=1S/C16H21N5O2/c1-13-8-14(19-11-18-13)2-3-15-9-21(6-7-23-15)16(22)10-20-5-4-17-12-20/h4-5,8,11-12,15H,2-3,6-7,9-10H2,1H3. The molecule has 1 saturated heterocycles. The van der Waals surface area contributed by atoms with Crippen LogP contribution in [0.2, 0.25) is 0 Å². The predicted octanol–water partition coefficient (Wildman–Crippen LogP) is 0.842. The molecular weight excluding hydrogens is 294 g/mol. The monoisotopic (exact) mass is 315 g/mol. The van der Waals surface area contributed by atoms with E-state index < -0.39 is 0 Å². The van der Waals surface area contributed by atoms with Gasteiger partial charge in [-0.1, -0.05) is 0 Å². The Labute approximate surface area is 135 Å². The summed E-state index contributed by atoms with van der Waals surface area (Å²) in [5.41, 5.74) is 1.99. The van der Waals surface area contributed by atoms with Crippen LogP contribution in [-0.4, -0.2) is 56.1 Å². The average molecular weight is 315 g/mol. The summed E-state index contributed by atoms with van der Waals surface area (Å²) >= 11 is 0. The van der Waals surface area contributed by atoms with Crippen LogP contribution < -0.4 is 0 Å². The molecule has 0 aliphatic carbocycles. The molecule has 1 amide bonds. The molecule has 1 unspecified atom stereocenters. The molecule has 0 saturated carbocycles. The van der Waals surface area contributed by atoms with Crippen LogP contribution in [0, 0.1) is 6.92 Å². The summed E-state index contributed by atoms with van der Waals surface area (Å²) < 4.78 is 7.58. The molecule has 3 rings (SSSR count). The van der Waals surface area contributed by atoms with Gasteiger partial charge in [-0.2, -0.15) is 0 Å². The third kappa shape index (κ3) is 4.35. The van der Waals surface area contributed by atoms with Gasteiger partial charge in [-0.15, -0.1) is 0 Å². The van der Waals surface area contributed by atoms with Crippen molar-refractivity contribution in [3.63, 3.8) is 0 Å². The fraction of sp³-hybridized carbons (Fsp3) is 0.500. The molecule has 1 aliphatic rings. The minimum atomic E-state index is 0.0609. The third-order valence-electron chi connectivity index (χ3n) is 3.95. The lowest BCUT2D eigenvalue weighted by Crippen LogP contribution is -2.46. The minimum Gasteiger partial charge on any atom is -0.375 e. The van der Waals surface area contributed by atoms with Crippen molar-refractivity contribution in [3.05, 3.63) is 42.5 Å². The molecule has 0 aromatic carbocycles. The van der Waals surface area contributed by atoms with Crippen molar-refractivity contribution >= 4 is 5.91 Å². The zero-order chi connectivity index (χ0) is 16.1. The van der Waals surface area contributed by atoms with Crippen molar-refractivity contribution < 1.29 is 9.53 Å². The largest absolute Gasteiger partial charge is 0.375 e. The van der Waals surface area contributed by atoms with Gasteiger partial charge in [0, 0.05) is 36.9 Å². The Hall–Kier alpha value is -2.28. The molecule has 1 fully saturated rings. The van der Waals surface area contributed by atoms with Gasteiger partial charge in [0.25, 0.3) is 0 Å². The van der Waals surface area contributed by atoms with Crippen LogP contribution in [0.25, 0.3) is 0 Å². The van der Waals surface area contributed by atoms with E-state index in [0.717, 1.165) is 24.2 Å². The Bertz CT molecular complexity index is 644. The van der Waals surface area contributed by atoms with Crippen molar-refractivity contribution in [3.8, 4) is 0 Å². The highest BCUT2D eigenvalue weighted by Gasteiger charge is 2.24. The molecule has 0 N–H and O–H groups in total. The van der Waals surface area contributed by atoms with Crippen molar-refractivity contribution in [1.29, 1.82) is 0 Å². The number of morpholine rings is 1. The second-order valence-corrected chi connectivity index (χ2v) is 5.76. The Morgan fingerprint density at radius 3 is 3.13 bits per heavy atom. The molecule has 23 heavy (non-hydrogen) atoms. The van der Waals surface area contributed by atoms with Crippen molar-refractivity contribution in [2.45, 2.75) is 32.4 Å². The number of hydrogen-bond donors (Lipinski definition) is 0. The Morgan fingerprint density at radius 1 is 1.43 bits per heavy atom. The highest BCUT2D eigenvalue weighted by atomic mass is 16.5. The number of imidazole rings is 1. The zero-order valence-electron chi connectivity index (χ0n) is 13.3. The van der Waals surface area contributed by atoms with E-state index in [-0.39, 0.29) is 12.0 Å². The molecule has 0 spiro atoms. The number of amides is 1. The Balaban J connectivity index is 1.50. The van der Waals surface area contributed by atoms with Gasteiger partial charge in [-0.3, -0.25) is 4.79 Å². The smallest absolute Gasteiger partial charge is 0.242 e. The maximum absolute atomic E-state index is 12.3. The topological polar surface area (TPSA) is 73.1 Å². The number of carbonyl (C=O) groups excluding carboxylic acids is 1. The Morgan fingerprint density at radius 2 is 2.35 bits per heavy atom. The Kier molecular flexibility index (Phi) is 4.97. The second kappa shape index (κ2) is 7.32. The first kappa shape index (κ1) is 15.6. The number of aryl methyl sites for hydroxylation is 2. The van der Waals surface area contributed by atoms with Crippen LogP contribution in [-0.2, 0) is 22.5 Å². The second-order valence-electron chi connectivity index (χ2n) is 5.76. The van der Waals surface area contributed by atoms with Gasteiger partial charge >= 0.3 is 0 Å². The summed E-state index contributed by atoms with van der Waals surface area (Å²) in [7, 11) is 0. The van der Waals surface area contributed by atoms with E-state index in [2.05, 4.69) is 15.0 Å². The maximum Gasteiger partial charge on any atom is 0.242 e. The van der Waals surface area contributed by atoms with Gasteiger partial charge in [-0.05, 0) is 25.8 Å². The molecule has 0 radical (unpaired) electrons. The fourth-order valence-electron chi connectivity index (χ4n) is 2.71. The molecule has 3 heterocycles. The summed E-state index contributed by atoms with van der Waals surface area (Å²) in [6, 6.07) is 1.99. The van der Waals surface area contributed by atoms with E-state index in [1.54, 1.807) is 29.6 Å². The molecule has 122 valence electrons. The van der Waals surface area contributed by atoms with E-state index in [0.29, 0.717) is 26.2 Å². The summed E-state index contributed by atoms with van der Waals surface area (Å²) in [6.07, 6.45) is 8.47. The molecule has 1 atom stereocenters. The molecular formula is C16H21N5O2. The lowest BCUT2D eigenvalue weighted by Gasteiger charge is -2.33. The minimum absolute atomic E-state index is 0.0609. The number of nitrogens with zero attached hydrogens (tertiary/aromatic N) is 5. The van der Waals surface area contributed by atoms with E-state index in [4.69, 9.17) is 4.74 Å². The molecule has 0 bridgehead atoms. The van der Waals surface area contributed by atoms with Crippen molar-refractivity contribution in [2.24, 2.45) is 0 Å². The van der Waals surface area contributed by atoms with E-state index >= 15 is 0 Å². The number of ether oxygens (including phenoxy) is 1. The highest BCUT2D eigenvalue weighted by Crippen LogP contribution is 2.12. The van der Waals surface area contributed by atoms with Crippen LogP contribution in [0.15, 0.2) is 31.1 Å². The van der Waals surface area contributed by atoms with E-state index in [1.165, 1.54) is 0 Å². The lowest BCUT2D eigenvalue weighted by molar-refractivity contribution is -0.139. The van der Waals surface area contributed by atoms with Crippen LogP contribution in [0.1, 0.15) is 17.8 Å². The van der Waals surface area contributed by atoms with Crippen LogP contribution in [0.5, 0.6) is 0 Å². The number of hydrogen-bond acceptors (Lipinski definition) is 5. The predicted molar refractivity (Wildman–Crippen MR) is 83.6 cm³/mol. The summed E-state index contributed by atoms with van der Waals surface area (Å²) in [6.45, 7) is 4.16. The number of carbonyl (C=O) groups is 1. The van der Waals surface area contributed by atoms with Crippen LogP contribution in [0.4, 0.5) is 0 Å². The van der Waals surface area contributed by atoms with Gasteiger partial charge in [-0.25, -0.2) is 15.0 Å². The van der Waals surface area contributed by atoms with Crippen LogP contribution >= 0.6 is 0 Å². The van der Waals surface area contributed by atoms with Gasteiger partial charge in [0.2, 0.25) is 5.91 Å². The van der Waals surface area contributed by atoms with Crippen molar-refractivity contribution in [2.75, 3.05) is 19.7 Å². The highest BCUT2D eigenvalue weighted by molar-refractivity contribution is 5.76. The normalized spacial score (nSPS) is 18.1. The van der Waals surface area contributed by atoms with E-state index in [9.17, 15) is 4.79 Å². The number of aromatic nitrogens is 4. The van der Waals surface area contributed by atoms with Gasteiger partial charge < -0.3 is 14.2 Å². The van der Waals surface area contributed by atoms with Gasteiger partial charge in [0.1, 0.15) is 12.9 Å². The molecule has 1 aliphatic heterocycles. The van der Waals surface area contributed by atoms with Gasteiger partial charge in [0.15, 0.2) is 0 Å². The average Bonchev–Trinajstić information content (AvgIpc) is 3.06.